The van der Waals surface area contributed by atoms with Crippen LogP contribution in [0.1, 0.15) is 11.3 Å². The fraction of sp³-hybridized carbons (Fsp3) is 0.222. The molecular formula is C18H21BrIN5O. The van der Waals surface area contributed by atoms with E-state index >= 15 is 0 Å². The Morgan fingerprint density at radius 1 is 1.19 bits per heavy atom. The van der Waals surface area contributed by atoms with Crippen molar-refractivity contribution in [1.82, 2.24) is 20.0 Å². The van der Waals surface area contributed by atoms with Gasteiger partial charge in [0, 0.05) is 30.5 Å². The molecule has 0 radical (unpaired) electrons. The molecule has 2 aromatic heterocycles. The molecule has 0 fully saturated rings. The van der Waals surface area contributed by atoms with Crippen molar-refractivity contribution in [3.05, 3.63) is 64.5 Å². The number of aliphatic imine (C=N–C) groups is 1. The van der Waals surface area contributed by atoms with Gasteiger partial charge in [0.25, 0.3) is 0 Å². The highest BCUT2D eigenvalue weighted by molar-refractivity contribution is 14.0. The van der Waals surface area contributed by atoms with E-state index in [9.17, 15) is 0 Å². The van der Waals surface area contributed by atoms with Gasteiger partial charge in [-0.2, -0.15) is 0 Å². The third-order valence-corrected chi connectivity index (χ3v) is 4.19. The highest BCUT2D eigenvalue weighted by Gasteiger charge is 2.04. The van der Waals surface area contributed by atoms with E-state index in [4.69, 9.17) is 4.74 Å². The van der Waals surface area contributed by atoms with Gasteiger partial charge in [0.1, 0.15) is 11.4 Å². The Hall–Kier alpha value is -1.81. The van der Waals surface area contributed by atoms with Crippen molar-refractivity contribution in [2.24, 2.45) is 4.99 Å². The summed E-state index contributed by atoms with van der Waals surface area (Å²) in [4.78, 5) is 8.83. The standard InChI is InChI=1S/C18H20BrN5O.HI/c1-20-18(21-9-13-4-3-5-16(8-13)25-2)22-10-15-12-24-11-14(19)6-7-17(24)23-15;/h3-8,11-12H,9-10H2,1-2H3,(H2,20,21,22);1H. The molecule has 0 bridgehead atoms. The summed E-state index contributed by atoms with van der Waals surface area (Å²) in [6.45, 7) is 1.26. The number of methoxy groups -OCH3 is 1. The lowest BCUT2D eigenvalue weighted by Gasteiger charge is -2.11. The first-order valence-electron chi connectivity index (χ1n) is 7.88. The molecule has 138 valence electrons. The highest BCUT2D eigenvalue weighted by Crippen LogP contribution is 2.13. The van der Waals surface area contributed by atoms with E-state index in [-0.39, 0.29) is 24.0 Å². The molecule has 3 aromatic rings. The molecular weight excluding hydrogens is 509 g/mol. The summed E-state index contributed by atoms with van der Waals surface area (Å²) in [6.07, 6.45) is 3.99. The molecule has 2 heterocycles. The van der Waals surface area contributed by atoms with Gasteiger partial charge < -0.3 is 19.8 Å². The average molecular weight is 530 g/mol. The first kappa shape index (κ1) is 20.5. The second-order valence-corrected chi connectivity index (χ2v) is 6.39. The minimum Gasteiger partial charge on any atom is -0.497 e. The van der Waals surface area contributed by atoms with E-state index in [1.54, 1.807) is 14.2 Å². The number of imidazole rings is 1. The number of pyridine rings is 1. The molecule has 2 N–H and O–H groups in total. The van der Waals surface area contributed by atoms with Gasteiger partial charge in [0.15, 0.2) is 5.96 Å². The van der Waals surface area contributed by atoms with Gasteiger partial charge in [-0.1, -0.05) is 12.1 Å². The molecule has 0 aliphatic carbocycles. The lowest BCUT2D eigenvalue weighted by atomic mass is 10.2. The SMILES string of the molecule is CN=C(NCc1cccc(OC)c1)NCc1cn2cc(Br)ccc2n1.I. The number of hydrogen-bond donors (Lipinski definition) is 2. The average Bonchev–Trinajstić information content (AvgIpc) is 3.04. The number of nitrogens with one attached hydrogen (secondary N) is 2. The van der Waals surface area contributed by atoms with Crippen LogP contribution in [-0.4, -0.2) is 29.5 Å². The summed E-state index contributed by atoms with van der Waals surface area (Å²) < 4.78 is 8.26. The fourth-order valence-corrected chi connectivity index (χ4v) is 2.82. The van der Waals surface area contributed by atoms with Gasteiger partial charge in [-0.25, -0.2) is 4.98 Å². The van der Waals surface area contributed by atoms with Crippen LogP contribution >= 0.6 is 39.9 Å². The van der Waals surface area contributed by atoms with Crippen molar-refractivity contribution in [3.63, 3.8) is 0 Å². The summed E-state index contributed by atoms with van der Waals surface area (Å²) in [6, 6.07) is 11.9. The molecule has 6 nitrogen and oxygen atoms in total. The van der Waals surface area contributed by atoms with Gasteiger partial charge in [-0.05, 0) is 45.8 Å². The van der Waals surface area contributed by atoms with Gasteiger partial charge in [-0.3, -0.25) is 4.99 Å². The Labute approximate surface area is 178 Å². The number of nitrogens with zero attached hydrogens (tertiary/aromatic N) is 3. The molecule has 0 unspecified atom stereocenters. The molecule has 0 spiro atoms. The number of ether oxygens (including phenoxy) is 1. The van der Waals surface area contributed by atoms with Gasteiger partial charge in [0.05, 0.1) is 19.3 Å². The summed E-state index contributed by atoms with van der Waals surface area (Å²) in [5.41, 5.74) is 2.99. The number of guanidine groups is 1. The van der Waals surface area contributed by atoms with Crippen molar-refractivity contribution in [2.75, 3.05) is 14.2 Å². The smallest absolute Gasteiger partial charge is 0.191 e. The second-order valence-electron chi connectivity index (χ2n) is 5.48. The maximum Gasteiger partial charge on any atom is 0.191 e. The van der Waals surface area contributed by atoms with Crippen LogP contribution in [0.25, 0.3) is 5.65 Å². The first-order valence-corrected chi connectivity index (χ1v) is 8.68. The summed E-state index contributed by atoms with van der Waals surface area (Å²) in [7, 11) is 3.42. The third-order valence-electron chi connectivity index (χ3n) is 3.72. The van der Waals surface area contributed by atoms with E-state index in [1.807, 2.05) is 53.2 Å². The largest absolute Gasteiger partial charge is 0.497 e. The highest BCUT2D eigenvalue weighted by atomic mass is 127. The summed E-state index contributed by atoms with van der Waals surface area (Å²) in [5, 5.41) is 6.57. The summed E-state index contributed by atoms with van der Waals surface area (Å²) >= 11 is 3.47. The van der Waals surface area contributed by atoms with Gasteiger partial charge in [0.2, 0.25) is 0 Å². The quantitative estimate of drug-likeness (QED) is 0.301. The van der Waals surface area contributed by atoms with Crippen LogP contribution in [0.3, 0.4) is 0 Å². The lowest BCUT2D eigenvalue weighted by molar-refractivity contribution is 0.414. The Morgan fingerprint density at radius 3 is 2.77 bits per heavy atom. The van der Waals surface area contributed by atoms with Crippen molar-refractivity contribution < 1.29 is 4.74 Å². The van der Waals surface area contributed by atoms with Crippen LogP contribution < -0.4 is 15.4 Å². The number of fused-ring (bicyclic) bond motifs is 1. The van der Waals surface area contributed by atoms with Crippen molar-refractivity contribution in [3.8, 4) is 5.75 Å². The maximum atomic E-state index is 5.24. The van der Waals surface area contributed by atoms with Crippen LogP contribution in [0.2, 0.25) is 0 Å². The molecule has 0 aliphatic rings. The first-order chi connectivity index (χ1) is 12.2. The molecule has 0 saturated carbocycles. The van der Waals surface area contributed by atoms with E-state index < -0.39 is 0 Å². The zero-order chi connectivity index (χ0) is 17.6. The van der Waals surface area contributed by atoms with E-state index in [2.05, 4.69) is 36.5 Å². The Kier molecular flexibility index (Phi) is 7.70. The normalized spacial score (nSPS) is 11.1. The van der Waals surface area contributed by atoms with Crippen molar-refractivity contribution >= 4 is 51.5 Å². The predicted molar refractivity (Wildman–Crippen MR) is 118 cm³/mol. The molecule has 26 heavy (non-hydrogen) atoms. The predicted octanol–water partition coefficient (Wildman–Crippen LogP) is 3.59. The van der Waals surface area contributed by atoms with Crippen molar-refractivity contribution in [1.29, 1.82) is 0 Å². The number of rotatable bonds is 5. The Bertz CT molecular complexity index is 896. The maximum absolute atomic E-state index is 5.24. The molecule has 1 aromatic carbocycles. The fourth-order valence-electron chi connectivity index (χ4n) is 2.47. The number of benzene rings is 1. The zero-order valence-corrected chi connectivity index (χ0v) is 18.5. The van der Waals surface area contributed by atoms with E-state index in [0.717, 1.165) is 33.1 Å². The van der Waals surface area contributed by atoms with Crippen LogP contribution in [0, 0.1) is 0 Å². The minimum absolute atomic E-state index is 0. The zero-order valence-electron chi connectivity index (χ0n) is 14.6. The van der Waals surface area contributed by atoms with Crippen LogP contribution in [0.5, 0.6) is 5.75 Å². The number of halogens is 2. The van der Waals surface area contributed by atoms with Crippen LogP contribution in [0.15, 0.2) is 58.3 Å². The summed E-state index contributed by atoms with van der Waals surface area (Å²) in [5.74, 6) is 1.57. The number of hydrogen-bond acceptors (Lipinski definition) is 3. The van der Waals surface area contributed by atoms with Gasteiger partial charge in [-0.15, -0.1) is 24.0 Å². The van der Waals surface area contributed by atoms with E-state index in [1.165, 1.54) is 0 Å². The van der Waals surface area contributed by atoms with Gasteiger partial charge >= 0.3 is 0 Å². The monoisotopic (exact) mass is 529 g/mol. The minimum atomic E-state index is 0. The third kappa shape index (κ3) is 5.34. The molecule has 0 saturated heterocycles. The lowest BCUT2D eigenvalue weighted by Crippen LogP contribution is -2.36. The molecule has 3 rings (SSSR count). The molecule has 0 atom stereocenters. The number of aromatic nitrogens is 2. The van der Waals surface area contributed by atoms with E-state index in [0.29, 0.717) is 13.1 Å². The Morgan fingerprint density at radius 2 is 2.00 bits per heavy atom. The van der Waals surface area contributed by atoms with Crippen LogP contribution in [0.4, 0.5) is 0 Å². The molecule has 0 aliphatic heterocycles. The topological polar surface area (TPSA) is 63.0 Å². The van der Waals surface area contributed by atoms with Crippen LogP contribution in [-0.2, 0) is 13.1 Å². The Balaban J connectivity index is 0.00000243. The second kappa shape index (κ2) is 9.77. The molecule has 0 amide bonds. The molecule has 8 heteroatoms. The van der Waals surface area contributed by atoms with Crippen molar-refractivity contribution in [2.45, 2.75) is 13.1 Å².